The van der Waals surface area contributed by atoms with Crippen LogP contribution in [-0.2, 0) is 9.53 Å². The molecule has 2 heteroatoms. The number of ketones is 1. The molecule has 0 aromatic heterocycles. The molecule has 0 bridgehead atoms. The molecule has 1 atom stereocenters. The van der Waals surface area contributed by atoms with Gasteiger partial charge in [0.25, 0.3) is 0 Å². The summed E-state index contributed by atoms with van der Waals surface area (Å²) in [6, 6.07) is 0. The molecule has 0 heterocycles. The number of hydrogen-bond donors (Lipinski definition) is 0. The number of carbonyl (C=O) groups is 1. The van der Waals surface area contributed by atoms with Crippen LogP contribution < -0.4 is 0 Å². The molecule has 0 aromatic rings. The van der Waals surface area contributed by atoms with E-state index in [1.807, 2.05) is 13.8 Å². The van der Waals surface area contributed by atoms with Crippen LogP contribution in [0.2, 0.25) is 0 Å². The summed E-state index contributed by atoms with van der Waals surface area (Å²) in [4.78, 5) is 12.9. The Morgan fingerprint density at radius 2 is 1.90 bits per heavy atom. The lowest BCUT2D eigenvalue weighted by Crippen LogP contribution is -2.45. The van der Waals surface area contributed by atoms with E-state index in [1.54, 1.807) is 7.11 Å². The molecule has 0 radical (unpaired) electrons. The summed E-state index contributed by atoms with van der Waals surface area (Å²) in [5.74, 6) is 0.710. The molecule has 1 unspecified atom stereocenters. The maximum atomic E-state index is 12.9. The van der Waals surface area contributed by atoms with Crippen molar-refractivity contribution in [2.45, 2.75) is 71.8 Å². The molecule has 0 N–H and O–H groups in total. The van der Waals surface area contributed by atoms with Crippen molar-refractivity contribution < 1.29 is 9.53 Å². The highest BCUT2D eigenvalue weighted by atomic mass is 16.5. The molecule has 1 aliphatic carbocycles. The fraction of sp³-hybridized carbons (Fsp3) is 0.722. The molecule has 0 aliphatic heterocycles. The van der Waals surface area contributed by atoms with E-state index >= 15 is 0 Å². The van der Waals surface area contributed by atoms with Gasteiger partial charge in [-0.25, -0.2) is 0 Å². The van der Waals surface area contributed by atoms with E-state index in [9.17, 15) is 4.79 Å². The van der Waals surface area contributed by atoms with E-state index < -0.39 is 5.60 Å². The Morgan fingerprint density at radius 3 is 2.35 bits per heavy atom. The van der Waals surface area contributed by atoms with Crippen LogP contribution in [0.25, 0.3) is 0 Å². The van der Waals surface area contributed by atoms with Crippen molar-refractivity contribution in [1.29, 1.82) is 0 Å². The SMILES string of the molecule is CCCCC(CC)CC(=O)C1(OC)C(C)=CCC=C1C. The molecule has 0 saturated heterocycles. The number of carbonyl (C=O) groups excluding carboxylic acids is 1. The number of methoxy groups -OCH3 is 1. The van der Waals surface area contributed by atoms with E-state index in [2.05, 4.69) is 26.0 Å². The summed E-state index contributed by atoms with van der Waals surface area (Å²) < 4.78 is 5.73. The van der Waals surface area contributed by atoms with E-state index in [0.717, 1.165) is 30.4 Å². The zero-order chi connectivity index (χ0) is 15.2. The first-order valence-corrected chi connectivity index (χ1v) is 7.95. The van der Waals surface area contributed by atoms with Gasteiger partial charge in [-0.1, -0.05) is 51.7 Å². The lowest BCUT2D eigenvalue weighted by Gasteiger charge is -2.36. The Labute approximate surface area is 124 Å². The molecule has 2 nitrogen and oxygen atoms in total. The maximum absolute atomic E-state index is 12.9. The number of ether oxygens (including phenoxy) is 1. The maximum Gasteiger partial charge on any atom is 0.173 e. The first-order valence-electron chi connectivity index (χ1n) is 7.95. The second-order valence-corrected chi connectivity index (χ2v) is 5.94. The van der Waals surface area contributed by atoms with Crippen LogP contribution in [-0.4, -0.2) is 18.5 Å². The van der Waals surface area contributed by atoms with Gasteiger partial charge in [0.1, 0.15) is 0 Å². The van der Waals surface area contributed by atoms with Crippen molar-refractivity contribution in [3.8, 4) is 0 Å². The van der Waals surface area contributed by atoms with E-state index in [0.29, 0.717) is 12.3 Å². The van der Waals surface area contributed by atoms with Gasteiger partial charge in [-0.15, -0.1) is 0 Å². The normalized spacial score (nSPS) is 19.2. The Kier molecular flexibility index (Phi) is 6.67. The molecule has 0 amide bonds. The molecule has 0 spiro atoms. The fourth-order valence-electron chi connectivity index (χ4n) is 3.24. The van der Waals surface area contributed by atoms with E-state index in [4.69, 9.17) is 4.74 Å². The molecule has 114 valence electrons. The smallest absolute Gasteiger partial charge is 0.173 e. The van der Waals surface area contributed by atoms with E-state index in [1.165, 1.54) is 12.8 Å². The van der Waals surface area contributed by atoms with Crippen molar-refractivity contribution in [2.24, 2.45) is 5.92 Å². The summed E-state index contributed by atoms with van der Waals surface area (Å²) in [6.45, 7) is 8.42. The number of allylic oxidation sites excluding steroid dienone is 2. The molecular formula is C18H30O2. The quantitative estimate of drug-likeness (QED) is 0.594. The lowest BCUT2D eigenvalue weighted by atomic mass is 9.76. The topological polar surface area (TPSA) is 26.3 Å². The number of hydrogen-bond acceptors (Lipinski definition) is 2. The monoisotopic (exact) mass is 278 g/mol. The highest BCUT2D eigenvalue weighted by Crippen LogP contribution is 2.36. The summed E-state index contributed by atoms with van der Waals surface area (Å²) in [5, 5.41) is 0. The Morgan fingerprint density at radius 1 is 1.30 bits per heavy atom. The Hall–Kier alpha value is -0.890. The van der Waals surface area contributed by atoms with Gasteiger partial charge in [-0.05, 0) is 37.3 Å². The van der Waals surface area contributed by atoms with Gasteiger partial charge in [-0.2, -0.15) is 0 Å². The van der Waals surface area contributed by atoms with Crippen LogP contribution in [0.15, 0.2) is 23.3 Å². The predicted octanol–water partition coefficient (Wildman–Crippen LogP) is 4.84. The second-order valence-electron chi connectivity index (χ2n) is 5.94. The largest absolute Gasteiger partial charge is 0.362 e. The summed E-state index contributed by atoms with van der Waals surface area (Å²) in [6.07, 6.45) is 10.4. The van der Waals surface area contributed by atoms with Crippen molar-refractivity contribution >= 4 is 5.78 Å². The molecule has 0 saturated carbocycles. The fourth-order valence-corrected chi connectivity index (χ4v) is 3.24. The lowest BCUT2D eigenvalue weighted by molar-refractivity contribution is -0.134. The predicted molar refractivity (Wildman–Crippen MR) is 84.8 cm³/mol. The van der Waals surface area contributed by atoms with Gasteiger partial charge in [0.2, 0.25) is 0 Å². The van der Waals surface area contributed by atoms with Gasteiger partial charge in [0, 0.05) is 13.5 Å². The van der Waals surface area contributed by atoms with Crippen LogP contribution in [0.1, 0.15) is 66.2 Å². The standard InChI is InChI=1S/C18H30O2/c1-6-8-12-16(7-2)13-17(19)18(20-5)14(3)10-9-11-15(18)4/h10-11,16H,6-9,12-13H2,1-5H3. The van der Waals surface area contributed by atoms with Crippen molar-refractivity contribution in [3.05, 3.63) is 23.3 Å². The number of unbranched alkanes of at least 4 members (excludes halogenated alkanes) is 1. The van der Waals surface area contributed by atoms with Gasteiger partial charge in [-0.3, -0.25) is 4.79 Å². The first kappa shape index (κ1) is 17.2. The third kappa shape index (κ3) is 3.41. The average Bonchev–Trinajstić information content (AvgIpc) is 2.44. The molecule has 0 fully saturated rings. The van der Waals surface area contributed by atoms with Crippen LogP contribution in [0.4, 0.5) is 0 Å². The van der Waals surface area contributed by atoms with Crippen molar-refractivity contribution in [2.75, 3.05) is 7.11 Å². The second kappa shape index (κ2) is 7.78. The summed E-state index contributed by atoms with van der Waals surface area (Å²) in [5.41, 5.74) is 1.31. The molecule has 20 heavy (non-hydrogen) atoms. The van der Waals surface area contributed by atoms with Crippen LogP contribution in [0.3, 0.4) is 0 Å². The van der Waals surface area contributed by atoms with Crippen LogP contribution >= 0.6 is 0 Å². The molecule has 1 aliphatic rings. The number of rotatable bonds is 8. The highest BCUT2D eigenvalue weighted by molar-refractivity contribution is 5.94. The Balaban J connectivity index is 2.88. The molecular weight excluding hydrogens is 248 g/mol. The van der Waals surface area contributed by atoms with Gasteiger partial charge < -0.3 is 4.74 Å². The van der Waals surface area contributed by atoms with Crippen molar-refractivity contribution in [1.82, 2.24) is 0 Å². The van der Waals surface area contributed by atoms with Crippen LogP contribution in [0, 0.1) is 5.92 Å². The van der Waals surface area contributed by atoms with E-state index in [-0.39, 0.29) is 5.78 Å². The zero-order valence-corrected chi connectivity index (χ0v) is 13.8. The molecule has 1 rings (SSSR count). The summed E-state index contributed by atoms with van der Waals surface area (Å²) in [7, 11) is 1.66. The molecule has 0 aromatic carbocycles. The average molecular weight is 278 g/mol. The van der Waals surface area contributed by atoms with Gasteiger partial charge >= 0.3 is 0 Å². The van der Waals surface area contributed by atoms with Gasteiger partial charge in [0.05, 0.1) is 0 Å². The number of Topliss-reactive ketones (excluding diaryl/α,β-unsaturated/α-hetero) is 1. The third-order valence-corrected chi connectivity index (χ3v) is 4.67. The minimum absolute atomic E-state index is 0.227. The van der Waals surface area contributed by atoms with Crippen molar-refractivity contribution in [3.63, 3.8) is 0 Å². The third-order valence-electron chi connectivity index (χ3n) is 4.67. The Bertz CT molecular complexity index is 372. The minimum Gasteiger partial charge on any atom is -0.362 e. The highest BCUT2D eigenvalue weighted by Gasteiger charge is 2.42. The summed E-state index contributed by atoms with van der Waals surface area (Å²) >= 11 is 0. The van der Waals surface area contributed by atoms with Gasteiger partial charge in [0.15, 0.2) is 11.4 Å². The zero-order valence-electron chi connectivity index (χ0n) is 13.8. The minimum atomic E-state index is -0.794. The van der Waals surface area contributed by atoms with Crippen LogP contribution in [0.5, 0.6) is 0 Å². The first-order chi connectivity index (χ1) is 9.52.